The molecule has 0 aliphatic carbocycles. The van der Waals surface area contributed by atoms with Crippen LogP contribution in [-0.2, 0) is 24.1 Å². The zero-order chi connectivity index (χ0) is 19.4. The van der Waals surface area contributed by atoms with Gasteiger partial charge in [0.05, 0.1) is 11.2 Å². The number of carboxylic acid groups (broad SMARTS) is 1. The Morgan fingerprint density at radius 3 is 2.67 bits per heavy atom. The Hall–Kier alpha value is -2.69. The summed E-state index contributed by atoms with van der Waals surface area (Å²) in [4.78, 5) is 15.3. The molecule has 0 bridgehead atoms. The van der Waals surface area contributed by atoms with E-state index in [1.54, 1.807) is 0 Å². The zero-order valence-electron chi connectivity index (χ0n) is 16.3. The molecule has 3 rings (SSSR count). The molecule has 0 unspecified atom stereocenters. The zero-order valence-corrected chi connectivity index (χ0v) is 16.3. The summed E-state index contributed by atoms with van der Waals surface area (Å²) in [6.45, 7) is 6.30. The number of carboxylic acids is 1. The van der Waals surface area contributed by atoms with Crippen LogP contribution in [0.15, 0.2) is 30.5 Å². The van der Waals surface area contributed by atoms with E-state index in [1.165, 1.54) is 16.8 Å². The molecule has 3 aromatic rings. The van der Waals surface area contributed by atoms with Gasteiger partial charge in [-0.05, 0) is 74.4 Å². The molecule has 3 heterocycles. The quantitative estimate of drug-likeness (QED) is 0.591. The molecule has 5 nitrogen and oxygen atoms in total. The predicted octanol–water partition coefficient (Wildman–Crippen LogP) is 4.63. The first-order valence-corrected chi connectivity index (χ1v) is 9.72. The van der Waals surface area contributed by atoms with E-state index in [0.29, 0.717) is 6.42 Å². The van der Waals surface area contributed by atoms with Gasteiger partial charge in [-0.15, -0.1) is 0 Å². The summed E-state index contributed by atoms with van der Waals surface area (Å²) < 4.78 is 2.05. The Bertz CT molecular complexity index is 960. The smallest absolute Gasteiger partial charge is 0.303 e. The summed E-state index contributed by atoms with van der Waals surface area (Å²) in [6, 6.07) is 8.51. The summed E-state index contributed by atoms with van der Waals surface area (Å²) in [5.41, 5.74) is 7.95. The van der Waals surface area contributed by atoms with Gasteiger partial charge in [0.1, 0.15) is 0 Å². The van der Waals surface area contributed by atoms with E-state index in [9.17, 15) is 4.79 Å². The minimum Gasteiger partial charge on any atom is -0.481 e. The predicted molar refractivity (Wildman–Crippen MR) is 107 cm³/mol. The fourth-order valence-electron chi connectivity index (χ4n) is 3.62. The molecule has 1 N–H and O–H groups in total. The molecule has 0 radical (unpaired) electrons. The van der Waals surface area contributed by atoms with E-state index in [1.807, 2.05) is 6.20 Å². The number of hydrogen-bond donors (Lipinski definition) is 1. The van der Waals surface area contributed by atoms with Gasteiger partial charge in [0.15, 0.2) is 0 Å². The molecule has 0 saturated heterocycles. The first-order chi connectivity index (χ1) is 13.0. The number of fused-ring (bicyclic) bond motifs is 1. The second-order valence-corrected chi connectivity index (χ2v) is 6.90. The lowest BCUT2D eigenvalue weighted by Gasteiger charge is -2.16. The largest absolute Gasteiger partial charge is 0.481 e. The molecule has 0 aliphatic rings. The Balaban J connectivity index is 2.12. The van der Waals surface area contributed by atoms with Gasteiger partial charge < -0.3 is 5.11 Å². The third-order valence-corrected chi connectivity index (χ3v) is 5.08. The summed E-state index contributed by atoms with van der Waals surface area (Å²) in [5, 5.41) is 13.7. The summed E-state index contributed by atoms with van der Waals surface area (Å²) in [7, 11) is 0. The van der Waals surface area contributed by atoms with E-state index in [4.69, 9.17) is 10.2 Å². The molecule has 0 aromatic carbocycles. The van der Waals surface area contributed by atoms with Crippen molar-refractivity contribution in [3.63, 3.8) is 0 Å². The van der Waals surface area contributed by atoms with Crippen molar-refractivity contribution in [1.29, 1.82) is 0 Å². The number of nitrogens with zero attached hydrogens (tertiary/aromatic N) is 3. The number of aromatic nitrogens is 3. The highest BCUT2D eigenvalue weighted by Crippen LogP contribution is 2.32. The van der Waals surface area contributed by atoms with Crippen LogP contribution in [0, 0.1) is 6.92 Å². The van der Waals surface area contributed by atoms with Crippen LogP contribution in [0.2, 0.25) is 0 Å². The van der Waals surface area contributed by atoms with Crippen molar-refractivity contribution in [2.24, 2.45) is 0 Å². The van der Waals surface area contributed by atoms with Crippen molar-refractivity contribution in [2.75, 3.05) is 0 Å². The van der Waals surface area contributed by atoms with Gasteiger partial charge in [-0.25, -0.2) is 4.52 Å². The Labute approximate surface area is 160 Å². The number of unbranched alkanes of at least 4 members (excludes halogenated alkanes) is 1. The highest BCUT2D eigenvalue weighted by Gasteiger charge is 2.17. The fraction of sp³-hybridized carbons (Fsp3) is 0.409. The van der Waals surface area contributed by atoms with Crippen molar-refractivity contribution >= 4 is 11.5 Å². The first kappa shape index (κ1) is 19.1. The van der Waals surface area contributed by atoms with Gasteiger partial charge in [0.25, 0.3) is 0 Å². The molecule has 0 spiro atoms. The Morgan fingerprint density at radius 2 is 1.96 bits per heavy atom. The molecule has 0 aliphatic heterocycles. The highest BCUT2D eigenvalue weighted by molar-refractivity contribution is 5.84. The van der Waals surface area contributed by atoms with E-state index in [0.717, 1.165) is 48.2 Å². The molecule has 0 amide bonds. The normalized spacial score (nSPS) is 11.2. The fourth-order valence-corrected chi connectivity index (χ4v) is 3.62. The highest BCUT2D eigenvalue weighted by atomic mass is 16.4. The molecular weight excluding hydrogens is 338 g/mol. The van der Waals surface area contributed by atoms with Crippen molar-refractivity contribution in [3.8, 4) is 11.1 Å². The SMILES string of the molecule is CCc1cc(-c2c(CCCCC(=O)O)c(C)nn3c(CC)ccc23)ccn1. The maximum absolute atomic E-state index is 10.8. The molecule has 0 saturated carbocycles. The van der Waals surface area contributed by atoms with Gasteiger partial charge in [-0.1, -0.05) is 13.8 Å². The van der Waals surface area contributed by atoms with Crippen LogP contribution in [0.3, 0.4) is 0 Å². The van der Waals surface area contributed by atoms with Gasteiger partial charge in [-0.3, -0.25) is 9.78 Å². The lowest BCUT2D eigenvalue weighted by molar-refractivity contribution is -0.137. The molecule has 0 atom stereocenters. The summed E-state index contributed by atoms with van der Waals surface area (Å²) in [6.07, 6.45) is 6.25. The van der Waals surface area contributed by atoms with Crippen molar-refractivity contribution in [1.82, 2.24) is 14.6 Å². The first-order valence-electron chi connectivity index (χ1n) is 9.72. The van der Waals surface area contributed by atoms with Gasteiger partial charge in [0, 0.05) is 29.6 Å². The minimum atomic E-state index is -0.735. The van der Waals surface area contributed by atoms with Crippen molar-refractivity contribution in [3.05, 3.63) is 53.1 Å². The molecule has 142 valence electrons. The van der Waals surface area contributed by atoms with E-state index < -0.39 is 5.97 Å². The molecule has 3 aromatic heterocycles. The molecule has 27 heavy (non-hydrogen) atoms. The molecule has 5 heteroatoms. The second-order valence-electron chi connectivity index (χ2n) is 6.90. The van der Waals surface area contributed by atoms with Gasteiger partial charge in [-0.2, -0.15) is 5.10 Å². The van der Waals surface area contributed by atoms with Crippen LogP contribution >= 0.6 is 0 Å². The Kier molecular flexibility index (Phi) is 5.89. The van der Waals surface area contributed by atoms with Crippen molar-refractivity contribution < 1.29 is 9.90 Å². The van der Waals surface area contributed by atoms with Gasteiger partial charge >= 0.3 is 5.97 Å². The van der Waals surface area contributed by atoms with E-state index >= 15 is 0 Å². The number of aryl methyl sites for hydroxylation is 3. The van der Waals surface area contributed by atoms with Crippen molar-refractivity contribution in [2.45, 2.75) is 59.3 Å². The van der Waals surface area contributed by atoms with Gasteiger partial charge in [0.2, 0.25) is 0 Å². The molecular formula is C22H27N3O2. The average molecular weight is 365 g/mol. The number of aliphatic carboxylic acids is 1. The summed E-state index contributed by atoms with van der Waals surface area (Å²) >= 11 is 0. The van der Waals surface area contributed by atoms with E-state index in [-0.39, 0.29) is 6.42 Å². The summed E-state index contributed by atoms with van der Waals surface area (Å²) in [5.74, 6) is -0.735. The number of rotatable bonds is 8. The average Bonchev–Trinajstić information content (AvgIpc) is 3.07. The third kappa shape index (κ3) is 4.02. The van der Waals surface area contributed by atoms with Crippen LogP contribution < -0.4 is 0 Å². The standard InChI is InChI=1S/C22H27N3O2/c1-4-17-14-16(12-13-23-17)22-19(8-6-7-9-21(26)27)15(3)24-25-18(5-2)10-11-20(22)25/h10-14H,4-9H2,1-3H3,(H,26,27). The maximum atomic E-state index is 10.8. The van der Waals surface area contributed by atoms with Crippen LogP contribution in [0.1, 0.15) is 55.8 Å². The minimum absolute atomic E-state index is 0.213. The van der Waals surface area contributed by atoms with Crippen LogP contribution in [0.4, 0.5) is 0 Å². The Morgan fingerprint density at radius 1 is 1.15 bits per heavy atom. The monoisotopic (exact) mass is 365 g/mol. The third-order valence-electron chi connectivity index (χ3n) is 5.08. The second kappa shape index (κ2) is 8.33. The van der Waals surface area contributed by atoms with Crippen LogP contribution in [-0.4, -0.2) is 25.7 Å². The lowest BCUT2D eigenvalue weighted by atomic mass is 9.94. The van der Waals surface area contributed by atoms with Crippen LogP contribution in [0.25, 0.3) is 16.6 Å². The maximum Gasteiger partial charge on any atom is 0.303 e. The van der Waals surface area contributed by atoms with E-state index in [2.05, 4.69) is 54.5 Å². The molecule has 0 fully saturated rings. The lowest BCUT2D eigenvalue weighted by Crippen LogP contribution is -2.06. The number of pyridine rings is 1. The number of hydrogen-bond acceptors (Lipinski definition) is 3. The topological polar surface area (TPSA) is 67.5 Å². The number of carbonyl (C=O) groups is 1. The van der Waals surface area contributed by atoms with Crippen LogP contribution in [0.5, 0.6) is 0 Å².